The van der Waals surface area contributed by atoms with E-state index in [1.165, 1.54) is 6.92 Å². The van der Waals surface area contributed by atoms with Gasteiger partial charge in [0.2, 0.25) is 0 Å². The molecule has 0 bridgehead atoms. The second-order valence-corrected chi connectivity index (χ2v) is 5.50. The molecule has 4 heteroatoms. The molecule has 0 aliphatic rings. The van der Waals surface area contributed by atoms with Crippen LogP contribution in [0.25, 0.3) is 10.9 Å². The summed E-state index contributed by atoms with van der Waals surface area (Å²) in [6.45, 7) is 2.93. The number of ether oxygens (including phenoxy) is 1. The van der Waals surface area contributed by atoms with Gasteiger partial charge in [-0.05, 0) is 24.6 Å². The quantitative estimate of drug-likeness (QED) is 0.452. The van der Waals surface area contributed by atoms with Crippen molar-refractivity contribution in [2.24, 2.45) is 0 Å². The summed E-state index contributed by atoms with van der Waals surface area (Å²) >= 11 is 0. The molecule has 0 atom stereocenters. The maximum absolute atomic E-state index is 12.1. The Morgan fingerprint density at radius 1 is 1.04 bits per heavy atom. The summed E-state index contributed by atoms with van der Waals surface area (Å²) in [5, 5.41) is 0.847. The number of esters is 1. The Balaban J connectivity index is 2.07. The van der Waals surface area contributed by atoms with E-state index in [1.54, 1.807) is 19.1 Å². The van der Waals surface area contributed by atoms with Crippen molar-refractivity contribution in [2.75, 3.05) is 0 Å². The summed E-state index contributed by atoms with van der Waals surface area (Å²) in [5.41, 5.74) is 3.48. The third-order valence-corrected chi connectivity index (χ3v) is 3.69. The molecule has 0 radical (unpaired) electrons. The molecule has 0 unspecified atom stereocenters. The molecule has 3 rings (SSSR count). The average Bonchev–Trinajstić information content (AvgIpc) is 2.84. The van der Waals surface area contributed by atoms with Crippen LogP contribution >= 0.6 is 0 Å². The average molecular weight is 307 g/mol. The number of aromatic amines is 1. The second kappa shape index (κ2) is 6.08. The molecule has 0 saturated carbocycles. The summed E-state index contributed by atoms with van der Waals surface area (Å²) in [6.07, 6.45) is 0.646. The van der Waals surface area contributed by atoms with Crippen molar-refractivity contribution < 1.29 is 14.3 Å². The molecule has 23 heavy (non-hydrogen) atoms. The standard InChI is InChI=1S/C19H17NO3/c1-12(21)19-16-9-8-15(23-13(2)22)11-17(16)20-18(19)10-14-6-4-3-5-7-14/h3-9,11,20H,10H2,1-2H3. The first-order valence-corrected chi connectivity index (χ1v) is 7.42. The minimum atomic E-state index is -0.368. The number of aromatic nitrogens is 1. The molecular formula is C19H17NO3. The number of fused-ring (bicyclic) bond motifs is 1. The van der Waals surface area contributed by atoms with E-state index in [4.69, 9.17) is 4.74 Å². The Bertz CT molecular complexity index is 878. The Morgan fingerprint density at radius 2 is 1.78 bits per heavy atom. The first-order chi connectivity index (χ1) is 11.0. The van der Waals surface area contributed by atoms with E-state index in [9.17, 15) is 9.59 Å². The number of hydrogen-bond acceptors (Lipinski definition) is 3. The Kier molecular flexibility index (Phi) is 3.98. The van der Waals surface area contributed by atoms with Gasteiger partial charge in [-0.15, -0.1) is 0 Å². The van der Waals surface area contributed by atoms with E-state index in [1.807, 2.05) is 36.4 Å². The van der Waals surface area contributed by atoms with Crippen LogP contribution in [0.4, 0.5) is 0 Å². The number of H-pyrrole nitrogens is 1. The van der Waals surface area contributed by atoms with Crippen LogP contribution in [0.5, 0.6) is 5.75 Å². The number of carbonyl (C=O) groups excluding carboxylic acids is 2. The fourth-order valence-electron chi connectivity index (χ4n) is 2.80. The van der Waals surface area contributed by atoms with Gasteiger partial charge in [0, 0.05) is 36.1 Å². The molecule has 1 heterocycles. The van der Waals surface area contributed by atoms with Gasteiger partial charge in [-0.2, -0.15) is 0 Å². The Hall–Kier alpha value is -2.88. The highest BCUT2D eigenvalue weighted by atomic mass is 16.5. The van der Waals surface area contributed by atoms with Gasteiger partial charge in [0.1, 0.15) is 5.75 Å². The predicted molar refractivity (Wildman–Crippen MR) is 88.9 cm³/mol. The topological polar surface area (TPSA) is 59.2 Å². The van der Waals surface area contributed by atoms with Gasteiger partial charge in [-0.1, -0.05) is 30.3 Å². The van der Waals surface area contributed by atoms with Gasteiger partial charge >= 0.3 is 5.97 Å². The van der Waals surface area contributed by atoms with Crippen LogP contribution < -0.4 is 4.74 Å². The Morgan fingerprint density at radius 3 is 2.43 bits per heavy atom. The molecule has 3 aromatic rings. The summed E-state index contributed by atoms with van der Waals surface area (Å²) in [6, 6.07) is 15.2. The van der Waals surface area contributed by atoms with Crippen LogP contribution in [0.3, 0.4) is 0 Å². The van der Waals surface area contributed by atoms with Crippen LogP contribution in [0.2, 0.25) is 0 Å². The SMILES string of the molecule is CC(=O)Oc1ccc2c(C(C)=O)c(Cc3ccccc3)[nH]c2c1. The summed E-state index contributed by atoms with van der Waals surface area (Å²) in [7, 11) is 0. The predicted octanol–water partition coefficient (Wildman–Crippen LogP) is 3.89. The van der Waals surface area contributed by atoms with Gasteiger partial charge in [0.15, 0.2) is 5.78 Å². The number of nitrogens with one attached hydrogen (secondary N) is 1. The highest BCUT2D eigenvalue weighted by Crippen LogP contribution is 2.28. The van der Waals surface area contributed by atoms with Gasteiger partial charge in [0.05, 0.1) is 5.52 Å². The zero-order chi connectivity index (χ0) is 16.4. The molecule has 0 fully saturated rings. The van der Waals surface area contributed by atoms with Crippen molar-refractivity contribution >= 4 is 22.7 Å². The number of ketones is 1. The molecule has 2 aromatic carbocycles. The lowest BCUT2D eigenvalue weighted by Crippen LogP contribution is -2.01. The zero-order valence-corrected chi connectivity index (χ0v) is 13.1. The number of hydrogen-bond donors (Lipinski definition) is 1. The monoisotopic (exact) mass is 307 g/mol. The lowest BCUT2D eigenvalue weighted by Gasteiger charge is -2.02. The van der Waals surface area contributed by atoms with Crippen LogP contribution in [0.15, 0.2) is 48.5 Å². The lowest BCUT2D eigenvalue weighted by atomic mass is 10.0. The van der Waals surface area contributed by atoms with E-state index < -0.39 is 0 Å². The van der Waals surface area contributed by atoms with Gasteiger partial charge < -0.3 is 9.72 Å². The number of carbonyl (C=O) groups is 2. The first kappa shape index (κ1) is 15.0. The number of rotatable bonds is 4. The lowest BCUT2D eigenvalue weighted by molar-refractivity contribution is -0.131. The molecule has 0 aliphatic heterocycles. The van der Waals surface area contributed by atoms with Crippen molar-refractivity contribution in [2.45, 2.75) is 20.3 Å². The van der Waals surface area contributed by atoms with Crippen LogP contribution in [-0.2, 0) is 11.2 Å². The van der Waals surface area contributed by atoms with E-state index in [2.05, 4.69) is 4.98 Å². The molecule has 0 amide bonds. The normalized spacial score (nSPS) is 10.7. The van der Waals surface area contributed by atoms with E-state index >= 15 is 0 Å². The maximum atomic E-state index is 12.1. The third kappa shape index (κ3) is 3.16. The molecule has 0 spiro atoms. The van der Waals surface area contributed by atoms with Gasteiger partial charge in [0.25, 0.3) is 0 Å². The molecule has 0 saturated heterocycles. The van der Waals surface area contributed by atoms with E-state index in [0.29, 0.717) is 17.7 Å². The largest absolute Gasteiger partial charge is 0.427 e. The summed E-state index contributed by atoms with van der Waals surface area (Å²) in [4.78, 5) is 26.5. The van der Waals surface area contributed by atoms with E-state index in [-0.39, 0.29) is 11.8 Å². The molecule has 1 N–H and O–H groups in total. The smallest absolute Gasteiger partial charge is 0.308 e. The van der Waals surface area contributed by atoms with Gasteiger partial charge in [-0.3, -0.25) is 9.59 Å². The molecular weight excluding hydrogens is 290 g/mol. The molecule has 4 nitrogen and oxygen atoms in total. The summed E-state index contributed by atoms with van der Waals surface area (Å²) in [5.74, 6) is 0.113. The minimum Gasteiger partial charge on any atom is -0.427 e. The van der Waals surface area contributed by atoms with Crippen molar-refractivity contribution in [1.82, 2.24) is 4.98 Å². The van der Waals surface area contributed by atoms with Crippen molar-refractivity contribution in [3.63, 3.8) is 0 Å². The van der Waals surface area contributed by atoms with Crippen molar-refractivity contribution in [1.29, 1.82) is 0 Å². The van der Waals surface area contributed by atoms with Crippen LogP contribution in [0, 0.1) is 0 Å². The van der Waals surface area contributed by atoms with Crippen LogP contribution in [-0.4, -0.2) is 16.7 Å². The highest BCUT2D eigenvalue weighted by molar-refractivity contribution is 6.08. The first-order valence-electron chi connectivity index (χ1n) is 7.42. The molecule has 1 aromatic heterocycles. The number of Topliss-reactive ketones (excluding diaryl/α,β-unsaturated/α-hetero) is 1. The fraction of sp³-hybridized carbons (Fsp3) is 0.158. The molecule has 116 valence electrons. The fourth-order valence-corrected chi connectivity index (χ4v) is 2.80. The third-order valence-electron chi connectivity index (χ3n) is 3.69. The second-order valence-electron chi connectivity index (χ2n) is 5.50. The highest BCUT2D eigenvalue weighted by Gasteiger charge is 2.16. The zero-order valence-electron chi connectivity index (χ0n) is 13.1. The van der Waals surface area contributed by atoms with Crippen LogP contribution in [0.1, 0.15) is 35.5 Å². The maximum Gasteiger partial charge on any atom is 0.308 e. The van der Waals surface area contributed by atoms with E-state index in [0.717, 1.165) is 22.2 Å². The number of benzene rings is 2. The van der Waals surface area contributed by atoms with Gasteiger partial charge in [-0.25, -0.2) is 0 Å². The minimum absolute atomic E-state index is 0.0161. The molecule has 0 aliphatic carbocycles. The Labute approximate surface area is 134 Å². The van der Waals surface area contributed by atoms with Crippen molar-refractivity contribution in [3.05, 3.63) is 65.4 Å². The van der Waals surface area contributed by atoms with Crippen molar-refractivity contribution in [3.8, 4) is 5.75 Å². The summed E-state index contributed by atoms with van der Waals surface area (Å²) < 4.78 is 5.11.